The fourth-order valence-electron chi connectivity index (χ4n) is 3.90. The largest absolute Gasteiger partial charge is 0.381 e. The summed E-state index contributed by atoms with van der Waals surface area (Å²) < 4.78 is 16.8. The molecule has 0 amide bonds. The van der Waals surface area contributed by atoms with Gasteiger partial charge in [0.25, 0.3) is 5.89 Å². The molecule has 0 aliphatic carbocycles. The summed E-state index contributed by atoms with van der Waals surface area (Å²) in [5.74, 6) is 2.75. The highest BCUT2D eigenvalue weighted by Crippen LogP contribution is 2.40. The van der Waals surface area contributed by atoms with Crippen LogP contribution in [0.15, 0.2) is 4.52 Å². The number of hydrogen-bond acceptors (Lipinski definition) is 6. The Morgan fingerprint density at radius 1 is 1.24 bits per heavy atom. The average molecular weight is 293 g/mol. The molecule has 116 valence electrons. The van der Waals surface area contributed by atoms with E-state index in [1.54, 1.807) is 0 Å². The van der Waals surface area contributed by atoms with Gasteiger partial charge >= 0.3 is 0 Å². The van der Waals surface area contributed by atoms with E-state index in [9.17, 15) is 0 Å². The van der Waals surface area contributed by atoms with Gasteiger partial charge in [-0.3, -0.25) is 0 Å². The lowest BCUT2D eigenvalue weighted by Crippen LogP contribution is -2.32. The van der Waals surface area contributed by atoms with Gasteiger partial charge in [0.1, 0.15) is 6.10 Å². The number of aromatic nitrogens is 2. The Morgan fingerprint density at radius 3 is 2.81 bits per heavy atom. The van der Waals surface area contributed by atoms with Gasteiger partial charge < -0.3 is 18.9 Å². The molecule has 6 nitrogen and oxygen atoms in total. The van der Waals surface area contributed by atoms with E-state index in [0.717, 1.165) is 38.6 Å². The second-order valence-corrected chi connectivity index (χ2v) is 6.61. The van der Waals surface area contributed by atoms with E-state index in [1.165, 1.54) is 19.4 Å². The second-order valence-electron chi connectivity index (χ2n) is 6.61. The minimum Gasteiger partial charge on any atom is -0.381 e. The Labute approximate surface area is 124 Å². The number of nitrogens with zero attached hydrogens (tertiary/aromatic N) is 3. The molecule has 6 heteroatoms. The Balaban J connectivity index is 1.31. The highest BCUT2D eigenvalue weighted by molar-refractivity contribution is 4.99. The maximum absolute atomic E-state index is 6.14. The van der Waals surface area contributed by atoms with Crippen LogP contribution in [0, 0.1) is 18.8 Å². The topological polar surface area (TPSA) is 60.6 Å². The molecule has 0 bridgehead atoms. The summed E-state index contributed by atoms with van der Waals surface area (Å²) in [6, 6.07) is 0. The van der Waals surface area contributed by atoms with E-state index >= 15 is 0 Å². The van der Waals surface area contributed by atoms with Crippen LogP contribution in [0.2, 0.25) is 0 Å². The molecule has 0 spiro atoms. The lowest BCUT2D eigenvalue weighted by atomic mass is 9.99. The molecule has 3 aliphatic heterocycles. The van der Waals surface area contributed by atoms with Crippen molar-refractivity contribution in [1.29, 1.82) is 0 Å². The molecule has 3 aliphatic rings. The number of aryl methyl sites for hydroxylation is 1. The SMILES string of the molecule is Cc1noc([C@@H]2C[C@H]3CN(CC4CCOCC4)C[C@H]3O2)n1. The van der Waals surface area contributed by atoms with Crippen LogP contribution in [0.5, 0.6) is 0 Å². The monoisotopic (exact) mass is 293 g/mol. The number of fused-ring (bicyclic) bond motifs is 1. The van der Waals surface area contributed by atoms with E-state index in [1.807, 2.05) is 6.92 Å². The molecule has 3 saturated heterocycles. The summed E-state index contributed by atoms with van der Waals surface area (Å²) in [5.41, 5.74) is 0. The fourth-order valence-corrected chi connectivity index (χ4v) is 3.90. The van der Waals surface area contributed by atoms with Crippen molar-refractivity contribution in [2.24, 2.45) is 11.8 Å². The zero-order valence-corrected chi connectivity index (χ0v) is 12.5. The van der Waals surface area contributed by atoms with Crippen LogP contribution in [0.4, 0.5) is 0 Å². The Bertz CT molecular complexity index is 472. The smallest absolute Gasteiger partial charge is 0.255 e. The summed E-state index contributed by atoms with van der Waals surface area (Å²) in [7, 11) is 0. The molecule has 1 aromatic rings. The first-order chi connectivity index (χ1) is 10.3. The summed E-state index contributed by atoms with van der Waals surface area (Å²) in [6.07, 6.45) is 3.76. The zero-order chi connectivity index (χ0) is 14.2. The van der Waals surface area contributed by atoms with E-state index in [2.05, 4.69) is 15.0 Å². The third-order valence-electron chi connectivity index (χ3n) is 4.99. The van der Waals surface area contributed by atoms with Crippen LogP contribution >= 0.6 is 0 Å². The first-order valence-corrected chi connectivity index (χ1v) is 8.03. The first kappa shape index (κ1) is 13.7. The van der Waals surface area contributed by atoms with Crippen molar-refractivity contribution in [3.8, 4) is 0 Å². The van der Waals surface area contributed by atoms with Gasteiger partial charge in [-0.15, -0.1) is 0 Å². The summed E-state index contributed by atoms with van der Waals surface area (Å²) in [4.78, 5) is 6.87. The van der Waals surface area contributed by atoms with Crippen molar-refractivity contribution in [2.45, 2.75) is 38.4 Å². The molecular weight excluding hydrogens is 270 g/mol. The van der Waals surface area contributed by atoms with Crippen LogP contribution in [0.3, 0.4) is 0 Å². The Kier molecular flexibility index (Phi) is 3.69. The second kappa shape index (κ2) is 5.66. The highest BCUT2D eigenvalue weighted by atomic mass is 16.5. The number of rotatable bonds is 3. The summed E-state index contributed by atoms with van der Waals surface area (Å²) >= 11 is 0. The third-order valence-corrected chi connectivity index (χ3v) is 4.99. The maximum atomic E-state index is 6.14. The van der Waals surface area contributed by atoms with E-state index in [-0.39, 0.29) is 6.10 Å². The van der Waals surface area contributed by atoms with Crippen LogP contribution in [-0.4, -0.2) is 54.0 Å². The third kappa shape index (κ3) is 2.84. The predicted molar refractivity (Wildman–Crippen MR) is 74.7 cm³/mol. The summed E-state index contributed by atoms with van der Waals surface area (Å²) in [5, 5.41) is 3.86. The number of ether oxygens (including phenoxy) is 2. The standard InChI is InChI=1S/C15H23N3O3/c1-10-16-15(21-17-10)13-6-12-8-18(9-14(12)20-13)7-11-2-4-19-5-3-11/h11-14H,2-9H2,1H3/t12-,13-,14+/m0/s1. The highest BCUT2D eigenvalue weighted by Gasteiger charge is 2.44. The van der Waals surface area contributed by atoms with Gasteiger partial charge in [0.2, 0.25) is 0 Å². The molecule has 0 N–H and O–H groups in total. The van der Waals surface area contributed by atoms with Crippen LogP contribution in [0.1, 0.15) is 37.1 Å². The lowest BCUT2D eigenvalue weighted by Gasteiger charge is -2.27. The van der Waals surface area contributed by atoms with Crippen molar-refractivity contribution in [3.63, 3.8) is 0 Å². The first-order valence-electron chi connectivity index (χ1n) is 8.03. The molecule has 3 fully saturated rings. The number of hydrogen-bond donors (Lipinski definition) is 0. The van der Waals surface area contributed by atoms with Crippen molar-refractivity contribution < 1.29 is 14.0 Å². The van der Waals surface area contributed by atoms with Crippen LogP contribution < -0.4 is 0 Å². The van der Waals surface area contributed by atoms with Gasteiger partial charge in [-0.2, -0.15) is 4.98 Å². The van der Waals surface area contributed by atoms with Gasteiger partial charge in [-0.1, -0.05) is 5.16 Å². The average Bonchev–Trinajstić information content (AvgIpc) is 3.14. The van der Waals surface area contributed by atoms with Crippen molar-refractivity contribution in [1.82, 2.24) is 15.0 Å². The van der Waals surface area contributed by atoms with Crippen LogP contribution in [0.25, 0.3) is 0 Å². The lowest BCUT2D eigenvalue weighted by molar-refractivity contribution is 0.0151. The minimum atomic E-state index is 0.00595. The van der Waals surface area contributed by atoms with Gasteiger partial charge in [0.05, 0.1) is 6.10 Å². The normalized spacial score (nSPS) is 34.4. The summed E-state index contributed by atoms with van der Waals surface area (Å²) in [6.45, 7) is 7.10. The molecule has 1 aromatic heterocycles. The molecule has 0 aromatic carbocycles. The Morgan fingerprint density at radius 2 is 2.10 bits per heavy atom. The van der Waals surface area contributed by atoms with Crippen molar-refractivity contribution in [3.05, 3.63) is 11.7 Å². The molecule has 4 heterocycles. The van der Waals surface area contributed by atoms with E-state index in [0.29, 0.717) is 23.7 Å². The number of likely N-dealkylation sites (tertiary alicyclic amines) is 1. The quantitative estimate of drug-likeness (QED) is 0.843. The minimum absolute atomic E-state index is 0.00595. The fraction of sp³-hybridized carbons (Fsp3) is 0.867. The maximum Gasteiger partial charge on any atom is 0.255 e. The van der Waals surface area contributed by atoms with Crippen molar-refractivity contribution in [2.75, 3.05) is 32.8 Å². The molecule has 4 rings (SSSR count). The molecule has 0 saturated carbocycles. The van der Waals surface area contributed by atoms with Gasteiger partial charge in [-0.05, 0) is 32.1 Å². The Hall–Kier alpha value is -0.980. The van der Waals surface area contributed by atoms with Gasteiger partial charge in [0.15, 0.2) is 5.82 Å². The van der Waals surface area contributed by atoms with E-state index < -0.39 is 0 Å². The molecule has 3 atom stereocenters. The van der Waals surface area contributed by atoms with Crippen molar-refractivity contribution >= 4 is 0 Å². The van der Waals surface area contributed by atoms with Gasteiger partial charge in [0, 0.05) is 38.8 Å². The van der Waals surface area contributed by atoms with Crippen LogP contribution in [-0.2, 0) is 9.47 Å². The zero-order valence-electron chi connectivity index (χ0n) is 12.5. The molecule has 21 heavy (non-hydrogen) atoms. The molecule has 0 radical (unpaired) electrons. The molecular formula is C15H23N3O3. The predicted octanol–water partition coefficient (Wildman–Crippen LogP) is 1.57. The van der Waals surface area contributed by atoms with E-state index in [4.69, 9.17) is 14.0 Å². The van der Waals surface area contributed by atoms with Gasteiger partial charge in [-0.25, -0.2) is 0 Å². The molecule has 0 unspecified atom stereocenters.